The number of rotatable bonds is 57. The van der Waals surface area contributed by atoms with Crippen LogP contribution >= 0.6 is 0 Å². The normalized spacial score (nSPS) is 12.8. The highest BCUT2D eigenvalue weighted by Gasteiger charge is 2.19. The molecule has 0 N–H and O–H groups in total. The number of ether oxygens (including phenoxy) is 3. The van der Waals surface area contributed by atoms with Gasteiger partial charge >= 0.3 is 17.9 Å². The molecule has 6 heteroatoms. The Morgan fingerprint density at radius 3 is 0.816 bits per heavy atom. The topological polar surface area (TPSA) is 78.9 Å². The predicted molar refractivity (Wildman–Crippen MR) is 330 cm³/mol. The molecule has 0 radical (unpaired) electrons. The SMILES string of the molecule is CC/C=C\C/C=C\C/C=C\C/C=C\CCCCCCCCCCC(=O)OCC(COC(=O)CCCCCCC/C=C\C/C=C\CCCCCC)OC(=O)CCCCCCCC/C=C\C/C=C\C/C=C\CCCCCCC. The van der Waals surface area contributed by atoms with Gasteiger partial charge in [-0.2, -0.15) is 0 Å². The molecule has 0 aromatic carbocycles. The average molecular weight is 1060 g/mol. The van der Waals surface area contributed by atoms with Gasteiger partial charge in [0.1, 0.15) is 13.2 Å². The molecular weight excluding hydrogens is 937 g/mol. The van der Waals surface area contributed by atoms with Gasteiger partial charge in [0.25, 0.3) is 0 Å². The van der Waals surface area contributed by atoms with Gasteiger partial charge in [-0.3, -0.25) is 14.4 Å². The predicted octanol–water partition coefficient (Wildman–Crippen LogP) is 21.8. The summed E-state index contributed by atoms with van der Waals surface area (Å²) in [6.07, 6.45) is 86.5. The molecule has 76 heavy (non-hydrogen) atoms. The van der Waals surface area contributed by atoms with Gasteiger partial charge in [-0.25, -0.2) is 0 Å². The second-order valence-corrected chi connectivity index (χ2v) is 20.9. The number of unbranched alkanes of at least 4 members (excludes halogenated alkanes) is 28. The summed E-state index contributed by atoms with van der Waals surface area (Å²) in [7, 11) is 0. The second-order valence-electron chi connectivity index (χ2n) is 20.9. The van der Waals surface area contributed by atoms with E-state index in [-0.39, 0.29) is 31.1 Å². The van der Waals surface area contributed by atoms with E-state index in [2.05, 4.69) is 130 Å². The summed E-state index contributed by atoms with van der Waals surface area (Å²) in [5.74, 6) is -0.920. The maximum absolute atomic E-state index is 12.9. The molecule has 0 aromatic rings. The van der Waals surface area contributed by atoms with Gasteiger partial charge in [0.05, 0.1) is 0 Å². The first-order chi connectivity index (χ1) is 37.5. The average Bonchev–Trinajstić information content (AvgIpc) is 3.42. The Hall–Kier alpha value is -3.93. The van der Waals surface area contributed by atoms with Crippen LogP contribution in [-0.4, -0.2) is 37.2 Å². The summed E-state index contributed by atoms with van der Waals surface area (Å²) >= 11 is 0. The van der Waals surface area contributed by atoms with Crippen LogP contribution in [0.25, 0.3) is 0 Å². The lowest BCUT2D eigenvalue weighted by atomic mass is 10.1. The van der Waals surface area contributed by atoms with Crippen molar-refractivity contribution in [2.24, 2.45) is 0 Å². The number of esters is 3. The van der Waals surface area contributed by atoms with Crippen molar-refractivity contribution in [1.82, 2.24) is 0 Å². The van der Waals surface area contributed by atoms with Crippen molar-refractivity contribution in [3.05, 3.63) is 109 Å². The number of carbonyl (C=O) groups is 3. The Balaban J connectivity index is 4.45. The third-order valence-electron chi connectivity index (χ3n) is 13.5. The Morgan fingerprint density at radius 1 is 0.276 bits per heavy atom. The minimum atomic E-state index is -0.798. The lowest BCUT2D eigenvalue weighted by molar-refractivity contribution is -0.167. The number of hydrogen-bond acceptors (Lipinski definition) is 6. The molecule has 0 spiro atoms. The highest BCUT2D eigenvalue weighted by atomic mass is 16.6. The zero-order chi connectivity index (χ0) is 55.0. The zero-order valence-electron chi connectivity index (χ0n) is 49.7. The van der Waals surface area contributed by atoms with Gasteiger partial charge in [-0.15, -0.1) is 0 Å². The first-order valence-electron chi connectivity index (χ1n) is 31.9. The van der Waals surface area contributed by atoms with Crippen molar-refractivity contribution in [2.45, 2.75) is 303 Å². The van der Waals surface area contributed by atoms with Gasteiger partial charge in [0.15, 0.2) is 6.10 Å². The smallest absolute Gasteiger partial charge is 0.306 e. The summed E-state index contributed by atoms with van der Waals surface area (Å²) < 4.78 is 16.9. The monoisotopic (exact) mass is 1050 g/mol. The van der Waals surface area contributed by atoms with E-state index in [1.54, 1.807) is 0 Å². The van der Waals surface area contributed by atoms with E-state index in [1.165, 1.54) is 116 Å². The molecule has 434 valence electrons. The quantitative estimate of drug-likeness (QED) is 0.0261. The van der Waals surface area contributed by atoms with Crippen LogP contribution < -0.4 is 0 Å². The molecule has 1 unspecified atom stereocenters. The molecule has 0 rings (SSSR count). The van der Waals surface area contributed by atoms with Gasteiger partial charge < -0.3 is 14.2 Å². The lowest BCUT2D eigenvalue weighted by Crippen LogP contribution is -2.30. The molecule has 0 bridgehead atoms. The molecule has 0 saturated carbocycles. The summed E-state index contributed by atoms with van der Waals surface area (Å²) in [6, 6.07) is 0. The Bertz CT molecular complexity index is 1540. The maximum atomic E-state index is 12.9. The summed E-state index contributed by atoms with van der Waals surface area (Å²) in [4.78, 5) is 38.3. The molecule has 0 heterocycles. The second kappa shape index (κ2) is 63.6. The molecule has 0 aliphatic heterocycles. The van der Waals surface area contributed by atoms with E-state index >= 15 is 0 Å². The third-order valence-corrected chi connectivity index (χ3v) is 13.5. The maximum Gasteiger partial charge on any atom is 0.306 e. The largest absolute Gasteiger partial charge is 0.462 e. The van der Waals surface area contributed by atoms with Crippen LogP contribution in [0.15, 0.2) is 109 Å². The summed E-state index contributed by atoms with van der Waals surface area (Å²) in [6.45, 7) is 6.49. The fourth-order valence-corrected chi connectivity index (χ4v) is 8.71. The molecule has 0 saturated heterocycles. The van der Waals surface area contributed by atoms with E-state index in [1.807, 2.05) is 0 Å². The van der Waals surface area contributed by atoms with Crippen LogP contribution in [-0.2, 0) is 28.6 Å². The van der Waals surface area contributed by atoms with Gasteiger partial charge in [-0.05, 0) is 128 Å². The summed E-state index contributed by atoms with van der Waals surface area (Å²) in [5, 5.41) is 0. The van der Waals surface area contributed by atoms with Crippen LogP contribution in [0.2, 0.25) is 0 Å². The van der Waals surface area contributed by atoms with Crippen LogP contribution in [0, 0.1) is 0 Å². The molecule has 0 aromatic heterocycles. The van der Waals surface area contributed by atoms with Gasteiger partial charge in [0.2, 0.25) is 0 Å². The van der Waals surface area contributed by atoms with Crippen LogP contribution in [0.1, 0.15) is 297 Å². The third kappa shape index (κ3) is 60.9. The molecular formula is C70H118O6. The fraction of sp³-hybridized carbons (Fsp3) is 0.700. The van der Waals surface area contributed by atoms with Crippen molar-refractivity contribution >= 4 is 17.9 Å². The lowest BCUT2D eigenvalue weighted by Gasteiger charge is -2.18. The van der Waals surface area contributed by atoms with E-state index in [9.17, 15) is 14.4 Å². The molecule has 0 aliphatic rings. The first kappa shape index (κ1) is 72.1. The number of hydrogen-bond donors (Lipinski definition) is 0. The van der Waals surface area contributed by atoms with E-state index in [0.717, 1.165) is 141 Å². The first-order valence-corrected chi connectivity index (χ1v) is 31.9. The van der Waals surface area contributed by atoms with Gasteiger partial charge in [-0.1, -0.05) is 259 Å². The standard InChI is InChI=1S/C70H118O6/c1-4-7-10-13-16-19-22-25-28-31-33-35-37-39-42-45-48-51-54-57-60-63-69(72)75-66-67(65-74-68(71)62-59-56-53-50-47-44-41-30-27-24-21-18-15-12-9-6-3)76-70(73)64-61-58-55-52-49-46-43-40-38-36-34-32-29-26-23-20-17-14-11-8-5-2/h7,10,16,19,21,23-26,28,30,32-35,38,40-41,67H,4-6,8-9,11-15,17-18,20,22,27,29,31,36-37,39,42-66H2,1-3H3/b10-7-,19-16-,24-21-,26-23-,28-25-,34-32-,35-33-,40-38-,41-30-. The van der Waals surface area contributed by atoms with Crippen molar-refractivity contribution in [2.75, 3.05) is 13.2 Å². The van der Waals surface area contributed by atoms with Gasteiger partial charge in [0, 0.05) is 19.3 Å². The minimum absolute atomic E-state index is 0.0933. The van der Waals surface area contributed by atoms with Crippen LogP contribution in [0.3, 0.4) is 0 Å². The van der Waals surface area contributed by atoms with E-state index in [0.29, 0.717) is 19.3 Å². The van der Waals surface area contributed by atoms with Crippen molar-refractivity contribution in [3.63, 3.8) is 0 Å². The Labute approximate surface area is 470 Å². The fourth-order valence-electron chi connectivity index (χ4n) is 8.71. The number of carbonyl (C=O) groups excluding carboxylic acids is 3. The van der Waals surface area contributed by atoms with Crippen molar-refractivity contribution in [1.29, 1.82) is 0 Å². The molecule has 0 aliphatic carbocycles. The van der Waals surface area contributed by atoms with Crippen molar-refractivity contribution in [3.8, 4) is 0 Å². The number of allylic oxidation sites excluding steroid dienone is 18. The molecule has 1 atom stereocenters. The molecule has 0 fully saturated rings. The van der Waals surface area contributed by atoms with Crippen LogP contribution in [0.5, 0.6) is 0 Å². The van der Waals surface area contributed by atoms with Crippen LogP contribution in [0.4, 0.5) is 0 Å². The Morgan fingerprint density at radius 2 is 0.513 bits per heavy atom. The minimum Gasteiger partial charge on any atom is -0.462 e. The Kier molecular flexibility index (Phi) is 60.3. The highest BCUT2D eigenvalue weighted by molar-refractivity contribution is 5.71. The van der Waals surface area contributed by atoms with Crippen molar-refractivity contribution < 1.29 is 28.6 Å². The zero-order valence-corrected chi connectivity index (χ0v) is 49.7. The van der Waals surface area contributed by atoms with E-state index < -0.39 is 6.10 Å². The van der Waals surface area contributed by atoms with E-state index in [4.69, 9.17) is 14.2 Å². The summed E-state index contributed by atoms with van der Waals surface area (Å²) in [5.41, 5.74) is 0. The molecule has 6 nitrogen and oxygen atoms in total. The highest BCUT2D eigenvalue weighted by Crippen LogP contribution is 2.15. The molecule has 0 amide bonds.